The minimum absolute atomic E-state index is 0.175. The van der Waals surface area contributed by atoms with E-state index in [2.05, 4.69) is 15.6 Å². The Kier molecular flexibility index (Phi) is 4.78. The number of fused-ring (bicyclic) bond motifs is 1. The Morgan fingerprint density at radius 2 is 1.86 bits per heavy atom. The number of nitrogens with one attached hydrogen (secondary N) is 1. The fourth-order valence-electron chi connectivity index (χ4n) is 2.66. The zero-order valence-electron chi connectivity index (χ0n) is 14.4. The first-order chi connectivity index (χ1) is 13.6. The minimum atomic E-state index is -0.382. The molecule has 0 saturated carbocycles. The van der Waals surface area contributed by atoms with Crippen LogP contribution in [0.4, 0.5) is 5.69 Å². The Bertz CT molecular complexity index is 1190. The van der Waals surface area contributed by atoms with Gasteiger partial charge in [0, 0.05) is 34.4 Å². The van der Waals surface area contributed by atoms with E-state index in [0.717, 1.165) is 5.22 Å². The molecule has 28 heavy (non-hydrogen) atoms. The summed E-state index contributed by atoms with van der Waals surface area (Å²) in [6, 6.07) is 15.3. The third-order valence-electron chi connectivity index (χ3n) is 4.00. The van der Waals surface area contributed by atoms with Crippen LogP contribution in [0.3, 0.4) is 0 Å². The van der Waals surface area contributed by atoms with Gasteiger partial charge >= 0.3 is 0 Å². The van der Waals surface area contributed by atoms with Crippen molar-refractivity contribution in [3.63, 3.8) is 0 Å². The zero-order chi connectivity index (χ0) is 19.5. The Morgan fingerprint density at radius 1 is 1.04 bits per heavy atom. The van der Waals surface area contributed by atoms with E-state index in [1.807, 2.05) is 0 Å². The highest BCUT2D eigenvalue weighted by Gasteiger charge is 2.15. The van der Waals surface area contributed by atoms with Crippen molar-refractivity contribution in [2.75, 3.05) is 5.32 Å². The van der Waals surface area contributed by atoms with Crippen molar-refractivity contribution in [2.24, 2.45) is 0 Å². The number of hydrogen-bond acceptors (Lipinski definition) is 4. The first kappa shape index (κ1) is 17.8. The molecule has 2 amide bonds. The lowest BCUT2D eigenvalue weighted by Crippen LogP contribution is -2.33. The van der Waals surface area contributed by atoms with Crippen LogP contribution in [-0.4, -0.2) is 16.8 Å². The number of anilines is 1. The van der Waals surface area contributed by atoms with Gasteiger partial charge < -0.3 is 10.1 Å². The highest BCUT2D eigenvalue weighted by molar-refractivity contribution is 6.30. The van der Waals surface area contributed by atoms with Gasteiger partial charge in [-0.25, -0.2) is 10.3 Å². The number of pyridine rings is 1. The van der Waals surface area contributed by atoms with Gasteiger partial charge in [-0.1, -0.05) is 17.7 Å². The molecule has 1 aliphatic heterocycles. The number of carbonyl (C=O) groups excluding carboxylic acids is 2. The smallest absolute Gasteiger partial charge is 0.270 e. The molecule has 2 heterocycles. The number of aromatic nitrogens is 1. The van der Waals surface area contributed by atoms with Crippen molar-refractivity contribution in [3.8, 4) is 11.6 Å². The highest BCUT2D eigenvalue weighted by atomic mass is 35.5. The van der Waals surface area contributed by atoms with Crippen LogP contribution in [0.15, 0.2) is 60.8 Å². The summed E-state index contributed by atoms with van der Waals surface area (Å²) in [6.07, 6.45) is 4.47. The second-order valence-corrected chi connectivity index (χ2v) is 6.39. The largest absolute Gasteiger partial charge is 0.438 e. The van der Waals surface area contributed by atoms with Crippen LogP contribution in [0, 0.1) is 0 Å². The molecule has 0 saturated heterocycles. The summed E-state index contributed by atoms with van der Waals surface area (Å²) in [6.45, 7) is 0. The number of nitrogens with zero attached hydrogens (tertiary/aromatic N) is 2. The van der Waals surface area contributed by atoms with Gasteiger partial charge in [0.1, 0.15) is 11.3 Å². The maximum atomic E-state index is 12.8. The van der Waals surface area contributed by atoms with Crippen LogP contribution in [-0.2, 0) is 4.79 Å². The van der Waals surface area contributed by atoms with Crippen LogP contribution < -0.4 is 25.8 Å². The Morgan fingerprint density at radius 3 is 2.68 bits per heavy atom. The summed E-state index contributed by atoms with van der Waals surface area (Å²) in [7, 11) is 0. The molecule has 1 aliphatic rings. The minimum Gasteiger partial charge on any atom is -0.438 e. The predicted octanol–water partition coefficient (Wildman–Crippen LogP) is 2.44. The van der Waals surface area contributed by atoms with Gasteiger partial charge in [0.25, 0.3) is 11.8 Å². The molecule has 6 nitrogen and oxygen atoms in total. The molecule has 0 atom stereocenters. The molecule has 7 heteroatoms. The first-order valence-corrected chi connectivity index (χ1v) is 8.73. The summed E-state index contributed by atoms with van der Waals surface area (Å²) in [5.41, 5.74) is 0.821. The van der Waals surface area contributed by atoms with E-state index in [1.54, 1.807) is 60.8 Å². The maximum absolute atomic E-state index is 12.8. The van der Waals surface area contributed by atoms with Crippen LogP contribution in [0.1, 0.15) is 10.4 Å². The van der Waals surface area contributed by atoms with E-state index in [9.17, 15) is 9.59 Å². The summed E-state index contributed by atoms with van der Waals surface area (Å²) in [5.74, 6) is -0.0258. The second-order valence-electron chi connectivity index (χ2n) is 5.95. The van der Waals surface area contributed by atoms with Gasteiger partial charge in [-0.15, -0.1) is 0 Å². The van der Waals surface area contributed by atoms with Gasteiger partial charge in [0.2, 0.25) is 5.88 Å². The number of ether oxygens (including phenoxy) is 1. The summed E-state index contributed by atoms with van der Waals surface area (Å²) in [5, 5.41) is 8.62. The van der Waals surface area contributed by atoms with Gasteiger partial charge in [-0.05, 0) is 53.7 Å². The molecule has 3 aromatic rings. The van der Waals surface area contributed by atoms with Gasteiger partial charge in [-0.3, -0.25) is 9.59 Å². The number of amides is 2. The molecule has 0 fully saturated rings. The number of benzene rings is 2. The molecular weight excluding hydrogens is 378 g/mol. The number of carbonyl (C=O) groups is 2. The normalized spacial score (nSPS) is 12.1. The number of hydrogen-bond donors (Lipinski definition) is 1. The number of rotatable bonds is 4. The Labute approximate surface area is 165 Å². The molecule has 2 aromatic carbocycles. The van der Waals surface area contributed by atoms with E-state index >= 15 is 0 Å². The van der Waals surface area contributed by atoms with Crippen molar-refractivity contribution in [1.82, 2.24) is 10.3 Å². The van der Waals surface area contributed by atoms with E-state index in [1.165, 1.54) is 12.3 Å². The number of halogens is 1. The molecule has 137 valence electrons. The lowest BCUT2D eigenvalue weighted by molar-refractivity contribution is -0.114. The summed E-state index contributed by atoms with van der Waals surface area (Å²) in [4.78, 5) is 28.4. The molecule has 1 aromatic heterocycles. The van der Waals surface area contributed by atoms with Crippen LogP contribution in [0.2, 0.25) is 5.02 Å². The average molecular weight is 391 g/mol. The van der Waals surface area contributed by atoms with Crippen molar-refractivity contribution in [1.29, 1.82) is 0 Å². The molecule has 1 N–H and O–H groups in total. The summed E-state index contributed by atoms with van der Waals surface area (Å²) < 4.78 is 5.73. The third-order valence-corrected chi connectivity index (χ3v) is 4.25. The molecule has 1 radical (unpaired) electrons. The fourth-order valence-corrected chi connectivity index (χ4v) is 2.78. The fraction of sp³-hybridized carbons (Fsp3) is 0. The second kappa shape index (κ2) is 7.54. The van der Waals surface area contributed by atoms with Crippen molar-refractivity contribution < 1.29 is 14.3 Å². The molecule has 0 unspecified atom stereocenters. The average Bonchev–Trinajstić information content (AvgIpc) is 2.70. The molecule has 0 aliphatic carbocycles. The third kappa shape index (κ3) is 3.87. The molecule has 0 bridgehead atoms. The predicted molar refractivity (Wildman–Crippen MR) is 105 cm³/mol. The van der Waals surface area contributed by atoms with Crippen LogP contribution in [0.5, 0.6) is 11.6 Å². The maximum Gasteiger partial charge on any atom is 0.270 e. The quantitative estimate of drug-likeness (QED) is 0.741. The topological polar surface area (TPSA) is 82.4 Å². The van der Waals surface area contributed by atoms with Gasteiger partial charge in [-0.2, -0.15) is 0 Å². The van der Waals surface area contributed by atoms with Crippen molar-refractivity contribution >= 4 is 41.4 Å². The van der Waals surface area contributed by atoms with E-state index in [0.29, 0.717) is 21.7 Å². The molecular formula is C21H13ClN3O3. The van der Waals surface area contributed by atoms with E-state index in [4.69, 9.17) is 16.3 Å². The van der Waals surface area contributed by atoms with Crippen molar-refractivity contribution in [2.45, 2.75) is 0 Å². The van der Waals surface area contributed by atoms with E-state index in [-0.39, 0.29) is 23.3 Å². The SMILES string of the molecule is O=C1C=c2cc(NC(=O)c3cccnc3Oc3ccc(Cl)cc3)ccc2=C[N]1. The molecule has 4 rings (SSSR count). The standard InChI is InChI=1S/C21H13ClN3O3/c22-15-4-7-17(8-5-15)28-21-18(2-1-9-23-21)20(27)25-16-6-3-13-12-24-19(26)11-14(13)10-16/h1-12H,(H,25,27). The van der Waals surface area contributed by atoms with Crippen LogP contribution >= 0.6 is 11.6 Å². The summed E-state index contributed by atoms with van der Waals surface area (Å²) >= 11 is 5.88. The molecule has 0 spiro atoms. The zero-order valence-corrected chi connectivity index (χ0v) is 15.2. The lowest BCUT2D eigenvalue weighted by Gasteiger charge is -2.11. The monoisotopic (exact) mass is 390 g/mol. The van der Waals surface area contributed by atoms with Gasteiger partial charge in [0.05, 0.1) is 0 Å². The highest BCUT2D eigenvalue weighted by Crippen LogP contribution is 2.24. The Balaban J connectivity index is 1.59. The van der Waals surface area contributed by atoms with Gasteiger partial charge in [0.15, 0.2) is 0 Å². The lowest BCUT2D eigenvalue weighted by atomic mass is 10.1. The first-order valence-electron chi connectivity index (χ1n) is 8.35. The van der Waals surface area contributed by atoms with Crippen LogP contribution in [0.25, 0.3) is 12.3 Å². The Hall–Kier alpha value is -3.64. The van der Waals surface area contributed by atoms with Crippen molar-refractivity contribution in [3.05, 3.63) is 81.8 Å². The van der Waals surface area contributed by atoms with E-state index < -0.39 is 0 Å².